The van der Waals surface area contributed by atoms with E-state index < -0.39 is 70.9 Å². The summed E-state index contributed by atoms with van der Waals surface area (Å²) in [5, 5.41) is 4.67. The molecular weight excluding hydrogens is 729 g/mol. The number of benzene rings is 1. The van der Waals surface area contributed by atoms with Crippen LogP contribution >= 0.6 is 12.2 Å². The summed E-state index contributed by atoms with van der Waals surface area (Å²) in [6.45, 7) is 5.20. The summed E-state index contributed by atoms with van der Waals surface area (Å²) in [5.41, 5.74) is -3.53. The van der Waals surface area contributed by atoms with Crippen LogP contribution in [0, 0.1) is 0 Å². The molecule has 5 nitrogen and oxygen atoms in total. The van der Waals surface area contributed by atoms with Crippen molar-refractivity contribution in [3.05, 3.63) is 29.8 Å². The van der Waals surface area contributed by atoms with E-state index in [2.05, 4.69) is 10.6 Å². The van der Waals surface area contributed by atoms with Crippen LogP contribution in [-0.2, 0) is 10.7 Å². The molecule has 0 spiro atoms. The van der Waals surface area contributed by atoms with E-state index in [0.717, 1.165) is 0 Å². The first kappa shape index (κ1) is 41.2. The van der Waals surface area contributed by atoms with Gasteiger partial charge in [-0.25, -0.2) is 4.79 Å². The van der Waals surface area contributed by atoms with E-state index in [1.807, 2.05) is 0 Å². The van der Waals surface area contributed by atoms with Crippen LogP contribution in [0.1, 0.15) is 39.2 Å². The van der Waals surface area contributed by atoms with Gasteiger partial charge in [-0.2, -0.15) is 74.6 Å². The van der Waals surface area contributed by atoms with Crippen molar-refractivity contribution >= 4 is 29.1 Å². The van der Waals surface area contributed by atoms with Crippen molar-refractivity contribution < 1.29 is 84.2 Å². The van der Waals surface area contributed by atoms with E-state index in [1.54, 1.807) is 20.8 Å². The Hall–Kier alpha value is -3.01. The van der Waals surface area contributed by atoms with Gasteiger partial charge in [0.25, 0.3) is 0 Å². The number of rotatable bonds is 10. The molecule has 48 heavy (non-hydrogen) atoms. The predicted molar refractivity (Wildman–Crippen MR) is 136 cm³/mol. The van der Waals surface area contributed by atoms with Crippen LogP contribution in [0.15, 0.2) is 24.3 Å². The molecule has 1 aliphatic rings. The topological polar surface area (TPSA) is 53.6 Å². The van der Waals surface area contributed by atoms with Gasteiger partial charge in [-0.1, -0.05) is 12.1 Å². The number of halogens is 17. The second-order valence-corrected chi connectivity index (χ2v) is 11.8. The van der Waals surface area contributed by atoms with E-state index in [-0.39, 0.29) is 29.5 Å². The standard InChI is InChI=1S/C25H24F17N3O2S/c1-17(2,3)47-16(46)45-10-4-5-14(45)11-43-15(48)44-13-8-6-12(7-9-13)18(26,27)19(28,29)20(30,31)21(32,33)22(34,35)23(36,37)24(38,39)25(40,41)42/h6-9,14H,4-5,10-11H2,1-3H3,(H2,43,44,48)/t14-/m0/s1. The lowest BCUT2D eigenvalue weighted by Crippen LogP contribution is -2.74. The van der Waals surface area contributed by atoms with Gasteiger partial charge in [0, 0.05) is 24.3 Å². The van der Waals surface area contributed by atoms with Gasteiger partial charge in [0.05, 0.1) is 6.04 Å². The highest BCUT2D eigenvalue weighted by molar-refractivity contribution is 7.80. The minimum atomic E-state index is -8.69. The SMILES string of the molecule is CC(C)(C)OC(=O)N1CCC[C@H]1CNC(=S)Nc1ccc(C(F)(F)C(F)(F)C(F)(F)C(F)(F)C(F)(F)C(F)(F)C(F)(F)C(F)(F)F)cc1. The highest BCUT2D eigenvalue weighted by atomic mass is 32.1. The fourth-order valence-electron chi connectivity index (χ4n) is 4.10. The number of anilines is 1. The number of ether oxygens (including phenoxy) is 1. The molecule has 0 unspecified atom stereocenters. The lowest BCUT2D eigenvalue weighted by molar-refractivity contribution is -0.462. The van der Waals surface area contributed by atoms with Crippen molar-refractivity contribution in [1.82, 2.24) is 10.2 Å². The number of nitrogens with one attached hydrogen (secondary N) is 2. The molecule has 0 aromatic heterocycles. The first-order valence-corrected chi connectivity index (χ1v) is 13.5. The van der Waals surface area contributed by atoms with Crippen molar-refractivity contribution in [2.24, 2.45) is 0 Å². The zero-order valence-electron chi connectivity index (χ0n) is 24.3. The number of carbonyl (C=O) groups excluding carboxylic acids is 1. The van der Waals surface area contributed by atoms with Gasteiger partial charge in [0.15, 0.2) is 5.11 Å². The monoisotopic (exact) mass is 753 g/mol. The molecule has 1 saturated heterocycles. The van der Waals surface area contributed by atoms with Crippen molar-refractivity contribution in [3.63, 3.8) is 0 Å². The Labute approximate surface area is 265 Å². The molecule has 276 valence electrons. The number of alkyl halides is 17. The number of thiocarbonyl (C=S) groups is 1. The molecule has 1 aromatic rings. The van der Waals surface area contributed by atoms with Crippen LogP contribution in [0.5, 0.6) is 0 Å². The fraction of sp³-hybridized carbons (Fsp3) is 0.680. The summed E-state index contributed by atoms with van der Waals surface area (Å²) < 4.78 is 236. The average Bonchev–Trinajstić information content (AvgIpc) is 3.39. The smallest absolute Gasteiger partial charge is 0.444 e. The van der Waals surface area contributed by atoms with Crippen molar-refractivity contribution in [3.8, 4) is 0 Å². The minimum Gasteiger partial charge on any atom is -0.444 e. The first-order chi connectivity index (χ1) is 21.2. The Morgan fingerprint density at radius 2 is 1.19 bits per heavy atom. The average molecular weight is 754 g/mol. The van der Waals surface area contributed by atoms with Crippen LogP contribution in [0.2, 0.25) is 0 Å². The third kappa shape index (κ3) is 7.01. The first-order valence-electron chi connectivity index (χ1n) is 13.1. The van der Waals surface area contributed by atoms with Crippen LogP contribution in [0.25, 0.3) is 0 Å². The zero-order chi connectivity index (χ0) is 37.7. The molecule has 2 rings (SSSR count). The number of nitrogens with zero attached hydrogens (tertiary/aromatic N) is 1. The molecule has 1 heterocycles. The molecule has 1 aliphatic heterocycles. The second-order valence-electron chi connectivity index (χ2n) is 11.4. The van der Waals surface area contributed by atoms with E-state index in [9.17, 15) is 79.4 Å². The molecule has 0 radical (unpaired) electrons. The van der Waals surface area contributed by atoms with Crippen molar-refractivity contribution in [2.45, 2.75) is 92.9 Å². The second kappa shape index (κ2) is 12.7. The highest BCUT2D eigenvalue weighted by Gasteiger charge is 2.95. The lowest BCUT2D eigenvalue weighted by Gasteiger charge is -2.42. The van der Waals surface area contributed by atoms with E-state index >= 15 is 0 Å². The number of carbonyl (C=O) groups is 1. The Balaban J connectivity index is 2.25. The van der Waals surface area contributed by atoms with Crippen molar-refractivity contribution in [2.75, 3.05) is 18.4 Å². The maximum absolute atomic E-state index is 14.5. The van der Waals surface area contributed by atoms with E-state index in [4.69, 9.17) is 17.0 Å². The quantitative estimate of drug-likeness (QED) is 0.185. The summed E-state index contributed by atoms with van der Waals surface area (Å²) in [5.74, 6) is -57.0. The molecule has 0 aliphatic carbocycles. The summed E-state index contributed by atoms with van der Waals surface area (Å²) in [4.78, 5) is 13.7. The van der Waals surface area contributed by atoms with E-state index in [0.29, 0.717) is 31.5 Å². The largest absolute Gasteiger partial charge is 0.460 e. The van der Waals surface area contributed by atoms with Crippen LogP contribution in [0.4, 0.5) is 85.1 Å². The van der Waals surface area contributed by atoms with Gasteiger partial charge < -0.3 is 20.3 Å². The maximum atomic E-state index is 14.5. The van der Waals surface area contributed by atoms with Crippen LogP contribution in [-0.4, -0.2) is 82.5 Å². The Bertz CT molecular complexity index is 1330. The fourth-order valence-corrected chi connectivity index (χ4v) is 4.30. The number of amides is 1. The third-order valence-corrected chi connectivity index (χ3v) is 6.98. The maximum Gasteiger partial charge on any atom is 0.460 e. The molecule has 1 fully saturated rings. The van der Waals surface area contributed by atoms with Gasteiger partial charge >= 0.3 is 53.7 Å². The molecule has 1 amide bonds. The molecular formula is C25H24F17N3O2S. The number of likely N-dealkylation sites (tertiary alicyclic amines) is 1. The molecule has 0 bridgehead atoms. The Morgan fingerprint density at radius 1 is 0.750 bits per heavy atom. The van der Waals surface area contributed by atoms with Gasteiger partial charge in [-0.15, -0.1) is 0 Å². The molecule has 1 atom stereocenters. The zero-order valence-corrected chi connectivity index (χ0v) is 25.1. The lowest BCUT2D eigenvalue weighted by atomic mass is 9.87. The highest BCUT2D eigenvalue weighted by Crippen LogP contribution is 2.65. The third-order valence-electron chi connectivity index (χ3n) is 6.73. The summed E-state index contributed by atoms with van der Waals surface area (Å²) >= 11 is 4.97. The Morgan fingerprint density at radius 3 is 1.62 bits per heavy atom. The van der Waals surface area contributed by atoms with Gasteiger partial charge in [-0.05, 0) is 58.0 Å². The molecule has 1 aromatic carbocycles. The molecule has 0 saturated carbocycles. The molecule has 2 N–H and O–H groups in total. The summed E-state index contributed by atoms with van der Waals surface area (Å²) in [6.07, 6.45) is -7.39. The summed E-state index contributed by atoms with van der Waals surface area (Å²) in [6, 6.07) is 0.0460. The number of hydrogen-bond donors (Lipinski definition) is 2. The number of hydrogen-bond acceptors (Lipinski definition) is 3. The van der Waals surface area contributed by atoms with E-state index in [1.165, 1.54) is 4.90 Å². The Kier molecular flexibility index (Phi) is 10.9. The summed E-state index contributed by atoms with van der Waals surface area (Å²) in [7, 11) is 0. The van der Waals surface area contributed by atoms with Gasteiger partial charge in [0.1, 0.15) is 5.60 Å². The van der Waals surface area contributed by atoms with Crippen molar-refractivity contribution in [1.29, 1.82) is 0 Å². The minimum absolute atomic E-state index is 0.00463. The predicted octanol–water partition coefficient (Wildman–Crippen LogP) is 8.84. The van der Waals surface area contributed by atoms with Gasteiger partial charge in [-0.3, -0.25) is 0 Å². The molecule has 23 heteroatoms. The normalized spacial score (nSPS) is 17.8. The van der Waals surface area contributed by atoms with Gasteiger partial charge in [0.2, 0.25) is 0 Å². The van der Waals surface area contributed by atoms with Crippen LogP contribution in [0.3, 0.4) is 0 Å². The van der Waals surface area contributed by atoms with Crippen LogP contribution < -0.4 is 10.6 Å².